The van der Waals surface area contributed by atoms with Crippen molar-refractivity contribution in [3.05, 3.63) is 11.6 Å². The Hall–Kier alpha value is -0.300. The molecule has 0 aromatic heterocycles. The zero-order valence-corrected chi connectivity index (χ0v) is 21.5. The first-order valence-corrected chi connectivity index (χ1v) is 13.7. The van der Waals surface area contributed by atoms with Crippen molar-refractivity contribution in [2.24, 2.45) is 52.1 Å². The van der Waals surface area contributed by atoms with E-state index < -0.39 is 0 Å². The molecule has 0 amide bonds. The lowest BCUT2D eigenvalue weighted by Gasteiger charge is -2.58. The van der Waals surface area contributed by atoms with E-state index in [2.05, 4.69) is 40.7 Å². The lowest BCUT2D eigenvalue weighted by Crippen LogP contribution is -2.51. The molecule has 30 heavy (non-hydrogen) atoms. The van der Waals surface area contributed by atoms with E-state index in [1.807, 2.05) is 13.8 Å². The molecule has 0 aromatic rings. The van der Waals surface area contributed by atoms with Crippen LogP contribution in [0.2, 0.25) is 0 Å². The van der Waals surface area contributed by atoms with E-state index in [1.165, 1.54) is 70.6 Å². The number of hydrogen-bond donors (Lipinski definition) is 1. The standard InChI is InChI=1S/C27H47N.C2H6.3H2/c1-18(2)7-6-8-19(3)23-11-12-24-22-10-9-20-17-21(28)13-15-26(20,4)25(22)14-16-27(23,24)5;1-2;;;/h9,18-19,21-25H,6-8,10-17,28H2,1-5H3;1-2H3;3*1H/t19-,21?,22+,23-,24?,25?,26+,27-;;;;/m1..../s1. The van der Waals surface area contributed by atoms with Gasteiger partial charge in [0, 0.05) is 10.3 Å². The number of hydrogen-bond acceptors (Lipinski definition) is 1. The molecule has 4 aliphatic carbocycles. The molecule has 4 aliphatic rings. The molecular formula is C29H59N. The maximum Gasteiger partial charge on any atom is 0.00766 e. The highest BCUT2D eigenvalue weighted by Gasteiger charge is 2.58. The SMILES string of the molecule is CC.CC(C)CCC[C@@H](C)[C@H]1CCC2[C@@H]3CC=C4CC(N)CC[C@]4(C)C3CC[C@@]21C.[HH].[HH].[HH]. The van der Waals surface area contributed by atoms with Crippen molar-refractivity contribution in [2.75, 3.05) is 0 Å². The molecule has 0 aromatic carbocycles. The van der Waals surface area contributed by atoms with Crippen LogP contribution in [0.4, 0.5) is 0 Å². The van der Waals surface area contributed by atoms with Crippen molar-refractivity contribution in [3.8, 4) is 0 Å². The van der Waals surface area contributed by atoms with E-state index in [0.717, 1.165) is 35.5 Å². The van der Waals surface area contributed by atoms with Crippen LogP contribution < -0.4 is 5.73 Å². The lowest BCUT2D eigenvalue weighted by molar-refractivity contribution is -0.0508. The lowest BCUT2D eigenvalue weighted by atomic mass is 9.47. The molecule has 1 heteroatoms. The zero-order chi connectivity index (χ0) is 22.1. The van der Waals surface area contributed by atoms with Crippen LogP contribution in [0, 0.1) is 46.3 Å². The van der Waals surface area contributed by atoms with E-state index in [9.17, 15) is 0 Å². The monoisotopic (exact) mass is 421 g/mol. The van der Waals surface area contributed by atoms with Gasteiger partial charge in [-0.3, -0.25) is 0 Å². The Labute approximate surface area is 193 Å². The van der Waals surface area contributed by atoms with Crippen LogP contribution in [0.1, 0.15) is 123 Å². The average Bonchev–Trinajstić information content (AvgIpc) is 3.07. The molecule has 0 spiro atoms. The van der Waals surface area contributed by atoms with Crippen molar-refractivity contribution < 1.29 is 4.28 Å². The van der Waals surface area contributed by atoms with Gasteiger partial charge in [0.1, 0.15) is 0 Å². The molecule has 8 atom stereocenters. The van der Waals surface area contributed by atoms with Crippen LogP contribution in [-0.2, 0) is 0 Å². The minimum absolute atomic E-state index is 0. The van der Waals surface area contributed by atoms with Crippen molar-refractivity contribution >= 4 is 0 Å². The quantitative estimate of drug-likeness (QED) is 0.440. The third-order valence-electron chi connectivity index (χ3n) is 10.3. The van der Waals surface area contributed by atoms with Crippen molar-refractivity contribution in [1.82, 2.24) is 0 Å². The van der Waals surface area contributed by atoms with Gasteiger partial charge in [0.15, 0.2) is 0 Å². The highest BCUT2D eigenvalue weighted by molar-refractivity contribution is 5.25. The maximum absolute atomic E-state index is 6.34. The van der Waals surface area contributed by atoms with Gasteiger partial charge in [-0.25, -0.2) is 0 Å². The Morgan fingerprint density at radius 2 is 1.73 bits per heavy atom. The van der Waals surface area contributed by atoms with Crippen LogP contribution in [0.3, 0.4) is 0 Å². The third kappa shape index (κ3) is 4.31. The molecule has 3 fully saturated rings. The van der Waals surface area contributed by atoms with Gasteiger partial charge >= 0.3 is 0 Å². The predicted molar refractivity (Wildman–Crippen MR) is 139 cm³/mol. The first-order valence-electron chi connectivity index (χ1n) is 13.7. The second-order valence-electron chi connectivity index (χ2n) is 12.3. The van der Waals surface area contributed by atoms with Gasteiger partial charge in [-0.15, -0.1) is 0 Å². The van der Waals surface area contributed by atoms with Crippen molar-refractivity contribution in [1.29, 1.82) is 0 Å². The molecule has 4 rings (SSSR count). The Morgan fingerprint density at radius 1 is 1.00 bits per heavy atom. The molecule has 0 aliphatic heterocycles. The first-order chi connectivity index (χ1) is 14.3. The molecule has 0 heterocycles. The summed E-state index contributed by atoms with van der Waals surface area (Å²) in [5.41, 5.74) is 9.18. The average molecular weight is 422 g/mol. The number of nitrogens with two attached hydrogens (primary N) is 1. The minimum atomic E-state index is 0. The van der Waals surface area contributed by atoms with E-state index >= 15 is 0 Å². The van der Waals surface area contributed by atoms with Gasteiger partial charge in [0.25, 0.3) is 0 Å². The first kappa shape index (κ1) is 24.3. The van der Waals surface area contributed by atoms with Gasteiger partial charge in [-0.1, -0.05) is 79.4 Å². The fraction of sp³-hybridized carbons (Fsp3) is 0.931. The summed E-state index contributed by atoms with van der Waals surface area (Å²) in [5.74, 6) is 5.63. The summed E-state index contributed by atoms with van der Waals surface area (Å²) in [6.07, 6.45) is 18.1. The Bertz CT molecular complexity index is 606. The Kier molecular flexibility index (Phi) is 7.85. The van der Waals surface area contributed by atoms with Crippen LogP contribution in [-0.4, -0.2) is 6.04 Å². The molecule has 0 saturated heterocycles. The van der Waals surface area contributed by atoms with Gasteiger partial charge in [-0.05, 0) is 97.7 Å². The summed E-state index contributed by atoms with van der Waals surface area (Å²) >= 11 is 0. The van der Waals surface area contributed by atoms with E-state index in [4.69, 9.17) is 5.73 Å². The summed E-state index contributed by atoms with van der Waals surface area (Å²) < 4.78 is 0. The molecule has 180 valence electrons. The smallest absolute Gasteiger partial charge is 0.00766 e. The molecule has 1 nitrogen and oxygen atoms in total. The van der Waals surface area contributed by atoms with E-state index in [-0.39, 0.29) is 4.28 Å². The topological polar surface area (TPSA) is 26.0 Å². The largest absolute Gasteiger partial charge is 0.327 e. The van der Waals surface area contributed by atoms with Gasteiger partial charge in [-0.2, -0.15) is 0 Å². The molecule has 3 saturated carbocycles. The van der Waals surface area contributed by atoms with Crippen molar-refractivity contribution in [3.63, 3.8) is 0 Å². The summed E-state index contributed by atoms with van der Waals surface area (Å²) in [7, 11) is 0. The molecule has 0 radical (unpaired) electrons. The second-order valence-corrected chi connectivity index (χ2v) is 12.3. The highest BCUT2D eigenvalue weighted by atomic mass is 14.7. The number of allylic oxidation sites excluding steroid dienone is 1. The van der Waals surface area contributed by atoms with Crippen LogP contribution in [0.15, 0.2) is 11.6 Å². The minimum Gasteiger partial charge on any atom is -0.327 e. The second kappa shape index (κ2) is 9.68. The van der Waals surface area contributed by atoms with Crippen molar-refractivity contribution in [2.45, 2.75) is 125 Å². The van der Waals surface area contributed by atoms with Gasteiger partial charge in [0.05, 0.1) is 0 Å². The summed E-state index contributed by atoms with van der Waals surface area (Å²) in [6.45, 7) is 16.7. The normalized spacial score (nSPS) is 43.6. The van der Waals surface area contributed by atoms with Gasteiger partial charge in [0.2, 0.25) is 0 Å². The summed E-state index contributed by atoms with van der Waals surface area (Å²) in [6, 6.07) is 0.423. The number of rotatable bonds is 5. The summed E-state index contributed by atoms with van der Waals surface area (Å²) in [5, 5.41) is 0. The molecule has 3 unspecified atom stereocenters. The van der Waals surface area contributed by atoms with E-state index in [0.29, 0.717) is 16.9 Å². The zero-order valence-electron chi connectivity index (χ0n) is 21.5. The van der Waals surface area contributed by atoms with Crippen LogP contribution in [0.25, 0.3) is 0 Å². The Morgan fingerprint density at radius 3 is 2.43 bits per heavy atom. The number of fused-ring (bicyclic) bond motifs is 5. The van der Waals surface area contributed by atoms with Crippen LogP contribution >= 0.6 is 0 Å². The van der Waals surface area contributed by atoms with Gasteiger partial charge < -0.3 is 5.73 Å². The summed E-state index contributed by atoms with van der Waals surface area (Å²) in [4.78, 5) is 0. The predicted octanol–water partition coefficient (Wildman–Crippen LogP) is 9.12. The van der Waals surface area contributed by atoms with E-state index in [1.54, 1.807) is 5.57 Å². The fourth-order valence-electron chi connectivity index (χ4n) is 8.71. The molecule has 0 bridgehead atoms. The fourth-order valence-corrected chi connectivity index (χ4v) is 8.71. The molecular weight excluding hydrogens is 362 g/mol. The Balaban J connectivity index is 0.00000199. The third-order valence-corrected chi connectivity index (χ3v) is 10.3. The maximum atomic E-state index is 6.34. The highest BCUT2D eigenvalue weighted by Crippen LogP contribution is 2.67. The molecule has 2 N–H and O–H groups in total. The van der Waals surface area contributed by atoms with Crippen LogP contribution in [0.5, 0.6) is 0 Å².